The Labute approximate surface area is 149 Å². The molecule has 0 radical (unpaired) electrons. The standard InChI is InChI=1S/C20H22N2O2S/c1-4-15-7-6-8-16-9-10-18(17(5-2)20(15)16)25(23,24)22-19-13-14(3)11-12-21-19/h6-13H,4-5H2,1-3H3,(H,21,22). The van der Waals surface area contributed by atoms with Gasteiger partial charge in [0, 0.05) is 6.20 Å². The Morgan fingerprint density at radius 3 is 2.52 bits per heavy atom. The summed E-state index contributed by atoms with van der Waals surface area (Å²) in [6.07, 6.45) is 3.11. The third kappa shape index (κ3) is 3.37. The molecule has 0 bridgehead atoms. The molecule has 0 saturated heterocycles. The SMILES string of the molecule is CCc1cccc2ccc(S(=O)(=O)Nc3cc(C)ccn3)c(CC)c12. The highest BCUT2D eigenvalue weighted by molar-refractivity contribution is 7.92. The molecule has 130 valence electrons. The first-order valence-corrected chi connectivity index (χ1v) is 9.93. The van der Waals surface area contributed by atoms with E-state index in [0.29, 0.717) is 17.1 Å². The van der Waals surface area contributed by atoms with Crippen LogP contribution in [0.3, 0.4) is 0 Å². The number of hydrogen-bond acceptors (Lipinski definition) is 3. The summed E-state index contributed by atoms with van der Waals surface area (Å²) in [5.74, 6) is 0.339. The summed E-state index contributed by atoms with van der Waals surface area (Å²) in [7, 11) is -3.70. The first kappa shape index (κ1) is 17.4. The number of pyridine rings is 1. The molecule has 25 heavy (non-hydrogen) atoms. The number of aryl methyl sites for hydroxylation is 3. The molecule has 0 amide bonds. The van der Waals surface area contributed by atoms with Crippen LogP contribution >= 0.6 is 0 Å². The van der Waals surface area contributed by atoms with Crippen LogP contribution in [0.5, 0.6) is 0 Å². The molecular formula is C20H22N2O2S. The van der Waals surface area contributed by atoms with E-state index in [0.717, 1.165) is 28.3 Å². The second-order valence-electron chi connectivity index (χ2n) is 6.09. The van der Waals surface area contributed by atoms with Crippen LogP contribution in [0.25, 0.3) is 10.8 Å². The minimum Gasteiger partial charge on any atom is -0.263 e. The van der Waals surface area contributed by atoms with Crippen molar-refractivity contribution in [1.29, 1.82) is 0 Å². The fourth-order valence-electron chi connectivity index (χ4n) is 3.20. The summed E-state index contributed by atoms with van der Waals surface area (Å²) in [5, 5.41) is 2.12. The van der Waals surface area contributed by atoms with Crippen molar-refractivity contribution in [3.8, 4) is 0 Å². The van der Waals surface area contributed by atoms with Crippen molar-refractivity contribution in [2.45, 2.75) is 38.5 Å². The van der Waals surface area contributed by atoms with E-state index < -0.39 is 10.0 Å². The summed E-state index contributed by atoms with van der Waals surface area (Å²) in [4.78, 5) is 4.44. The number of aromatic nitrogens is 1. The molecule has 0 saturated carbocycles. The van der Waals surface area contributed by atoms with Gasteiger partial charge in [0.05, 0.1) is 4.90 Å². The van der Waals surface area contributed by atoms with Gasteiger partial charge in [-0.2, -0.15) is 0 Å². The number of sulfonamides is 1. The monoisotopic (exact) mass is 354 g/mol. The Hall–Kier alpha value is -2.40. The molecule has 0 fully saturated rings. The van der Waals surface area contributed by atoms with E-state index in [4.69, 9.17) is 0 Å². The topological polar surface area (TPSA) is 59.1 Å². The summed E-state index contributed by atoms with van der Waals surface area (Å²) in [5.41, 5.74) is 2.98. The normalized spacial score (nSPS) is 11.6. The van der Waals surface area contributed by atoms with Gasteiger partial charge >= 0.3 is 0 Å². The molecule has 0 atom stereocenters. The van der Waals surface area contributed by atoms with Gasteiger partial charge in [-0.25, -0.2) is 13.4 Å². The van der Waals surface area contributed by atoms with Crippen molar-refractivity contribution in [1.82, 2.24) is 4.98 Å². The van der Waals surface area contributed by atoms with Crippen LogP contribution in [0.2, 0.25) is 0 Å². The third-order valence-corrected chi connectivity index (χ3v) is 5.81. The molecule has 0 aliphatic carbocycles. The van der Waals surface area contributed by atoms with E-state index in [-0.39, 0.29) is 0 Å². The number of nitrogens with one attached hydrogen (secondary N) is 1. The molecule has 1 aromatic heterocycles. The van der Waals surface area contributed by atoms with Crippen LogP contribution in [0.4, 0.5) is 5.82 Å². The maximum atomic E-state index is 13.0. The lowest BCUT2D eigenvalue weighted by molar-refractivity contribution is 0.600. The maximum Gasteiger partial charge on any atom is 0.263 e. The van der Waals surface area contributed by atoms with Crippen molar-refractivity contribution in [2.75, 3.05) is 4.72 Å². The Morgan fingerprint density at radius 1 is 1.04 bits per heavy atom. The largest absolute Gasteiger partial charge is 0.263 e. The summed E-state index contributed by atoms with van der Waals surface area (Å²) >= 11 is 0. The van der Waals surface area contributed by atoms with Crippen molar-refractivity contribution in [3.05, 3.63) is 65.4 Å². The van der Waals surface area contributed by atoms with Crippen molar-refractivity contribution >= 4 is 26.6 Å². The summed E-state index contributed by atoms with van der Waals surface area (Å²) < 4.78 is 28.6. The lowest BCUT2D eigenvalue weighted by Gasteiger charge is -2.16. The van der Waals surface area contributed by atoms with Crippen LogP contribution in [0.1, 0.15) is 30.5 Å². The van der Waals surface area contributed by atoms with Gasteiger partial charge in [-0.15, -0.1) is 0 Å². The predicted octanol–water partition coefficient (Wildman–Crippen LogP) is 4.47. The summed E-state index contributed by atoms with van der Waals surface area (Å²) in [6, 6.07) is 13.2. The highest BCUT2D eigenvalue weighted by Gasteiger charge is 2.21. The zero-order valence-corrected chi connectivity index (χ0v) is 15.5. The quantitative estimate of drug-likeness (QED) is 0.735. The Bertz CT molecular complexity index is 1030. The van der Waals surface area contributed by atoms with Crippen LogP contribution in [-0.2, 0) is 22.9 Å². The van der Waals surface area contributed by atoms with Gasteiger partial charge in [0.1, 0.15) is 5.82 Å². The Balaban J connectivity index is 2.17. The smallest absolute Gasteiger partial charge is 0.263 e. The fraction of sp³-hybridized carbons (Fsp3) is 0.250. The Morgan fingerprint density at radius 2 is 1.84 bits per heavy atom. The third-order valence-electron chi connectivity index (χ3n) is 4.37. The first-order chi connectivity index (χ1) is 12.0. The molecule has 5 heteroatoms. The first-order valence-electron chi connectivity index (χ1n) is 8.45. The second-order valence-corrected chi connectivity index (χ2v) is 7.74. The van der Waals surface area contributed by atoms with E-state index in [1.807, 2.05) is 38.1 Å². The van der Waals surface area contributed by atoms with E-state index in [9.17, 15) is 8.42 Å². The molecule has 2 aromatic carbocycles. The van der Waals surface area contributed by atoms with E-state index in [1.165, 1.54) is 5.56 Å². The number of fused-ring (bicyclic) bond motifs is 1. The molecule has 0 unspecified atom stereocenters. The van der Waals surface area contributed by atoms with Gasteiger partial charge < -0.3 is 0 Å². The highest BCUT2D eigenvalue weighted by atomic mass is 32.2. The molecule has 4 nitrogen and oxygen atoms in total. The van der Waals surface area contributed by atoms with Gasteiger partial charge in [-0.3, -0.25) is 4.72 Å². The minimum absolute atomic E-state index is 0.326. The predicted molar refractivity (Wildman–Crippen MR) is 102 cm³/mol. The van der Waals surface area contributed by atoms with Crippen molar-refractivity contribution in [2.24, 2.45) is 0 Å². The Kier molecular flexibility index (Phi) is 4.77. The van der Waals surface area contributed by atoms with Crippen LogP contribution in [0.15, 0.2) is 53.6 Å². The number of benzene rings is 2. The van der Waals surface area contributed by atoms with E-state index >= 15 is 0 Å². The van der Waals surface area contributed by atoms with E-state index in [2.05, 4.69) is 22.7 Å². The van der Waals surface area contributed by atoms with Gasteiger partial charge in [0.25, 0.3) is 10.0 Å². The molecule has 0 spiro atoms. The summed E-state index contributed by atoms with van der Waals surface area (Å²) in [6.45, 7) is 5.98. The molecule has 1 heterocycles. The van der Waals surface area contributed by atoms with Gasteiger partial charge in [-0.05, 0) is 65.4 Å². The number of nitrogens with zero attached hydrogens (tertiary/aromatic N) is 1. The molecule has 0 aliphatic heterocycles. The van der Waals surface area contributed by atoms with Crippen LogP contribution in [-0.4, -0.2) is 13.4 Å². The number of anilines is 1. The lowest BCUT2D eigenvalue weighted by atomic mass is 9.96. The molecule has 3 aromatic rings. The zero-order chi connectivity index (χ0) is 18.0. The van der Waals surface area contributed by atoms with Crippen LogP contribution in [0, 0.1) is 6.92 Å². The minimum atomic E-state index is -3.70. The van der Waals surface area contributed by atoms with Crippen molar-refractivity contribution < 1.29 is 8.42 Å². The fourth-order valence-corrected chi connectivity index (χ4v) is 4.51. The average Bonchev–Trinajstić information content (AvgIpc) is 2.59. The zero-order valence-electron chi connectivity index (χ0n) is 14.7. The molecule has 3 rings (SSSR count). The van der Waals surface area contributed by atoms with E-state index in [1.54, 1.807) is 18.3 Å². The second kappa shape index (κ2) is 6.84. The molecule has 0 aliphatic rings. The van der Waals surface area contributed by atoms with Gasteiger partial charge in [0.2, 0.25) is 0 Å². The number of hydrogen-bond donors (Lipinski definition) is 1. The lowest BCUT2D eigenvalue weighted by Crippen LogP contribution is -2.16. The van der Waals surface area contributed by atoms with Crippen LogP contribution < -0.4 is 4.72 Å². The molecular weight excluding hydrogens is 332 g/mol. The van der Waals surface area contributed by atoms with Gasteiger partial charge in [-0.1, -0.05) is 38.1 Å². The maximum absolute atomic E-state index is 13.0. The van der Waals surface area contributed by atoms with Gasteiger partial charge in [0.15, 0.2) is 0 Å². The molecule has 1 N–H and O–H groups in total. The average molecular weight is 354 g/mol. The number of rotatable bonds is 5. The van der Waals surface area contributed by atoms with Crippen molar-refractivity contribution in [3.63, 3.8) is 0 Å². The highest BCUT2D eigenvalue weighted by Crippen LogP contribution is 2.30.